The van der Waals surface area contributed by atoms with Crippen LogP contribution in [0.4, 0.5) is 16.2 Å². The van der Waals surface area contributed by atoms with Crippen molar-refractivity contribution in [3.8, 4) is 0 Å². The number of halogens is 2. The third-order valence-corrected chi connectivity index (χ3v) is 3.28. The fourth-order valence-corrected chi connectivity index (χ4v) is 2.39. The molecule has 0 spiro atoms. The number of anilines is 2. The van der Waals surface area contributed by atoms with E-state index in [-0.39, 0.29) is 0 Å². The van der Waals surface area contributed by atoms with Gasteiger partial charge in [0.1, 0.15) is 5.76 Å². The molecule has 0 bridgehead atoms. The van der Waals surface area contributed by atoms with Gasteiger partial charge in [-0.15, -0.1) is 0 Å². The highest BCUT2D eigenvalue weighted by Gasteiger charge is 2.15. The van der Waals surface area contributed by atoms with Crippen molar-refractivity contribution in [1.29, 1.82) is 0 Å². The van der Waals surface area contributed by atoms with Crippen molar-refractivity contribution in [1.82, 2.24) is 5.43 Å². The summed E-state index contributed by atoms with van der Waals surface area (Å²) in [5.74, 6) is 5.75. The van der Waals surface area contributed by atoms with Crippen LogP contribution < -0.4 is 21.5 Å². The first-order chi connectivity index (χ1) is 10.0. The van der Waals surface area contributed by atoms with Crippen LogP contribution in [0.25, 0.3) is 0 Å². The summed E-state index contributed by atoms with van der Waals surface area (Å²) < 4.78 is 5.32. The number of nitrogens with two attached hydrogens (primary N) is 1. The van der Waals surface area contributed by atoms with E-state index in [9.17, 15) is 4.79 Å². The fraction of sp³-hybridized carbons (Fsp3) is 0.154. The van der Waals surface area contributed by atoms with Crippen molar-refractivity contribution in [3.05, 3.63) is 46.3 Å². The first-order valence-corrected chi connectivity index (χ1v) is 6.78. The lowest BCUT2D eigenvalue weighted by Crippen LogP contribution is -2.34. The Morgan fingerprint density at radius 2 is 2.10 bits per heavy atom. The van der Waals surface area contributed by atoms with E-state index >= 15 is 0 Å². The molecule has 0 radical (unpaired) electrons. The normalized spacial score (nSPS) is 10.3. The Bertz CT molecular complexity index is 645. The first-order valence-electron chi connectivity index (χ1n) is 6.02. The quantitative estimate of drug-likeness (QED) is 0.457. The van der Waals surface area contributed by atoms with E-state index in [2.05, 4.69) is 5.32 Å². The summed E-state index contributed by atoms with van der Waals surface area (Å²) >= 11 is 12.0. The van der Waals surface area contributed by atoms with Crippen molar-refractivity contribution >= 4 is 40.6 Å². The minimum atomic E-state index is -0.534. The maximum Gasteiger partial charge on any atom is 0.333 e. The molecule has 2 aromatic rings. The van der Waals surface area contributed by atoms with E-state index in [0.717, 1.165) is 0 Å². The van der Waals surface area contributed by atoms with Gasteiger partial charge in [0.15, 0.2) is 5.22 Å². The smallest absolute Gasteiger partial charge is 0.333 e. The minimum absolute atomic E-state index is 0.318. The SMILES string of the molecule is CN(Cc1ccc(Cl)o1)c1c(Cl)cccc1NC(=O)NN. The van der Waals surface area contributed by atoms with Gasteiger partial charge in [0.2, 0.25) is 0 Å². The number of para-hydroxylation sites is 1. The fourth-order valence-electron chi connectivity index (χ4n) is 1.91. The average Bonchev–Trinajstić information content (AvgIpc) is 2.83. The second-order valence-corrected chi connectivity index (χ2v) is 5.08. The molecule has 8 heteroatoms. The lowest BCUT2D eigenvalue weighted by molar-refractivity contribution is 0.252. The first kappa shape index (κ1) is 15.5. The number of carbonyl (C=O) groups is 1. The van der Waals surface area contributed by atoms with Crippen LogP contribution in [-0.4, -0.2) is 13.1 Å². The number of hydrogen-bond acceptors (Lipinski definition) is 4. The molecule has 2 rings (SSSR count). The van der Waals surface area contributed by atoms with Crippen LogP contribution in [-0.2, 0) is 6.54 Å². The lowest BCUT2D eigenvalue weighted by Gasteiger charge is -2.22. The van der Waals surface area contributed by atoms with E-state index in [1.165, 1.54) is 0 Å². The van der Waals surface area contributed by atoms with Gasteiger partial charge in [-0.05, 0) is 35.9 Å². The molecule has 1 aromatic carbocycles. The molecule has 4 N–H and O–H groups in total. The summed E-state index contributed by atoms with van der Waals surface area (Å²) in [6.07, 6.45) is 0. The number of nitrogens with one attached hydrogen (secondary N) is 2. The van der Waals surface area contributed by atoms with Gasteiger partial charge in [-0.3, -0.25) is 5.43 Å². The molecule has 0 unspecified atom stereocenters. The Balaban J connectivity index is 2.26. The number of benzene rings is 1. The molecular weight excluding hydrogens is 315 g/mol. The Morgan fingerprint density at radius 3 is 2.71 bits per heavy atom. The van der Waals surface area contributed by atoms with Crippen LogP contribution in [0.15, 0.2) is 34.7 Å². The number of urea groups is 1. The van der Waals surface area contributed by atoms with Crippen LogP contribution >= 0.6 is 23.2 Å². The monoisotopic (exact) mass is 328 g/mol. The second-order valence-electron chi connectivity index (χ2n) is 4.30. The van der Waals surface area contributed by atoms with E-state index < -0.39 is 6.03 Å². The van der Waals surface area contributed by atoms with Gasteiger partial charge in [0, 0.05) is 7.05 Å². The molecule has 0 saturated heterocycles. The molecule has 0 aliphatic carbocycles. The number of hydrazine groups is 1. The number of nitrogens with zero attached hydrogens (tertiary/aromatic N) is 1. The molecule has 2 amide bonds. The Labute approximate surface area is 131 Å². The molecule has 0 saturated carbocycles. The summed E-state index contributed by atoms with van der Waals surface area (Å²) in [5, 5.41) is 3.42. The Hall–Kier alpha value is -1.89. The van der Waals surface area contributed by atoms with E-state index in [0.29, 0.717) is 33.9 Å². The average molecular weight is 329 g/mol. The highest BCUT2D eigenvalue weighted by molar-refractivity contribution is 6.34. The third-order valence-electron chi connectivity index (χ3n) is 2.77. The molecular formula is C13H14Cl2N4O2. The number of hydrogen-bond donors (Lipinski definition) is 3. The van der Waals surface area contributed by atoms with Gasteiger partial charge in [-0.25, -0.2) is 10.6 Å². The number of carbonyl (C=O) groups excluding carboxylic acids is 1. The summed E-state index contributed by atoms with van der Waals surface area (Å²) in [7, 11) is 1.82. The highest BCUT2D eigenvalue weighted by atomic mass is 35.5. The predicted molar refractivity (Wildman–Crippen MR) is 83.6 cm³/mol. The van der Waals surface area contributed by atoms with Crippen LogP contribution in [0, 0.1) is 0 Å². The van der Waals surface area contributed by atoms with Gasteiger partial charge < -0.3 is 14.6 Å². The van der Waals surface area contributed by atoms with E-state index in [1.807, 2.05) is 17.4 Å². The standard InChI is InChI=1S/C13H14Cl2N4O2/c1-19(7-8-5-6-11(15)21-8)12-9(14)3-2-4-10(12)17-13(20)18-16/h2-6H,7,16H2,1H3,(H2,17,18,20). The summed E-state index contributed by atoms with van der Waals surface area (Å²) in [5.41, 5.74) is 3.19. The largest absolute Gasteiger partial charge is 0.448 e. The molecule has 0 aliphatic heterocycles. The maximum absolute atomic E-state index is 11.4. The summed E-state index contributed by atoms with van der Waals surface area (Å²) in [6, 6.07) is 8.09. The van der Waals surface area contributed by atoms with Gasteiger partial charge in [0.05, 0.1) is 22.9 Å². The molecule has 0 aliphatic rings. The Kier molecular flexibility index (Phi) is 4.95. The molecule has 0 atom stereocenters. The van der Waals surface area contributed by atoms with Crippen LogP contribution in [0.5, 0.6) is 0 Å². The van der Waals surface area contributed by atoms with Gasteiger partial charge in [-0.1, -0.05) is 17.7 Å². The van der Waals surface area contributed by atoms with E-state index in [4.69, 9.17) is 33.5 Å². The molecule has 6 nitrogen and oxygen atoms in total. The lowest BCUT2D eigenvalue weighted by atomic mass is 10.2. The van der Waals surface area contributed by atoms with Crippen molar-refractivity contribution in [2.75, 3.05) is 17.3 Å². The molecule has 1 aromatic heterocycles. The number of amides is 2. The number of furan rings is 1. The van der Waals surface area contributed by atoms with Crippen molar-refractivity contribution in [2.24, 2.45) is 5.84 Å². The Morgan fingerprint density at radius 1 is 1.33 bits per heavy atom. The van der Waals surface area contributed by atoms with Crippen LogP contribution in [0.3, 0.4) is 0 Å². The summed E-state index contributed by atoms with van der Waals surface area (Å²) in [4.78, 5) is 13.2. The zero-order valence-corrected chi connectivity index (χ0v) is 12.7. The van der Waals surface area contributed by atoms with Crippen LogP contribution in [0.1, 0.15) is 5.76 Å². The van der Waals surface area contributed by atoms with Crippen molar-refractivity contribution in [3.63, 3.8) is 0 Å². The molecule has 112 valence electrons. The minimum Gasteiger partial charge on any atom is -0.448 e. The van der Waals surface area contributed by atoms with Crippen molar-refractivity contribution in [2.45, 2.75) is 6.54 Å². The van der Waals surface area contributed by atoms with Gasteiger partial charge >= 0.3 is 6.03 Å². The molecule has 21 heavy (non-hydrogen) atoms. The van der Waals surface area contributed by atoms with Crippen LogP contribution in [0.2, 0.25) is 10.2 Å². The maximum atomic E-state index is 11.4. The zero-order valence-electron chi connectivity index (χ0n) is 11.2. The molecule has 0 fully saturated rings. The topological polar surface area (TPSA) is 83.5 Å². The molecule has 1 heterocycles. The zero-order chi connectivity index (χ0) is 15.4. The van der Waals surface area contributed by atoms with E-state index in [1.54, 1.807) is 30.3 Å². The predicted octanol–water partition coefficient (Wildman–Crippen LogP) is 3.22. The highest BCUT2D eigenvalue weighted by Crippen LogP contribution is 2.34. The summed E-state index contributed by atoms with van der Waals surface area (Å²) in [6.45, 7) is 0.440. The van der Waals surface area contributed by atoms with Gasteiger partial charge in [0.25, 0.3) is 0 Å². The third kappa shape index (κ3) is 3.81. The number of rotatable bonds is 4. The van der Waals surface area contributed by atoms with Crippen molar-refractivity contribution < 1.29 is 9.21 Å². The van der Waals surface area contributed by atoms with Gasteiger partial charge in [-0.2, -0.15) is 0 Å². The second kappa shape index (κ2) is 6.71.